The maximum absolute atomic E-state index is 11.8. The van der Waals surface area contributed by atoms with Gasteiger partial charge in [-0.1, -0.05) is 17.7 Å². The maximum Gasteiger partial charge on any atom is 0.228 e. The fourth-order valence-corrected chi connectivity index (χ4v) is 2.26. The Labute approximate surface area is 125 Å². The molecule has 0 unspecified atom stereocenters. The van der Waals surface area contributed by atoms with Crippen molar-refractivity contribution in [1.82, 2.24) is 0 Å². The number of nitrogens with zero attached hydrogens (tertiary/aromatic N) is 1. The summed E-state index contributed by atoms with van der Waals surface area (Å²) in [7, 11) is 0. The fourth-order valence-electron chi connectivity index (χ4n) is 1.72. The number of carbonyl (C=O) groups is 1. The van der Waals surface area contributed by atoms with Crippen LogP contribution in [0.4, 0.5) is 11.4 Å². The Kier molecular flexibility index (Phi) is 4.24. The quantitative estimate of drug-likeness (QED) is 0.705. The van der Waals surface area contributed by atoms with Crippen LogP contribution in [-0.4, -0.2) is 5.91 Å². The van der Waals surface area contributed by atoms with Crippen LogP contribution in [0.1, 0.15) is 6.92 Å². The van der Waals surface area contributed by atoms with Crippen LogP contribution in [0.2, 0.25) is 5.02 Å². The Balaban J connectivity index is 2.46. The van der Waals surface area contributed by atoms with Gasteiger partial charge in [0.05, 0.1) is 5.69 Å². The highest BCUT2D eigenvalue weighted by atomic mass is 127. The normalized spacial score (nSPS) is 10.2. The Morgan fingerprint density at radius 2 is 1.78 bits per heavy atom. The Bertz CT molecular complexity index is 568. The molecule has 18 heavy (non-hydrogen) atoms. The monoisotopic (exact) mass is 371 g/mol. The number of amides is 1. The molecule has 0 aromatic heterocycles. The van der Waals surface area contributed by atoms with E-state index in [1.165, 1.54) is 0 Å². The Morgan fingerprint density at radius 1 is 1.11 bits per heavy atom. The van der Waals surface area contributed by atoms with Crippen molar-refractivity contribution in [1.29, 1.82) is 0 Å². The van der Waals surface area contributed by atoms with Crippen molar-refractivity contribution in [2.45, 2.75) is 6.92 Å². The van der Waals surface area contributed by atoms with E-state index in [1.54, 1.807) is 24.0 Å². The van der Waals surface area contributed by atoms with Gasteiger partial charge in [0.15, 0.2) is 0 Å². The highest BCUT2D eigenvalue weighted by molar-refractivity contribution is 14.1. The lowest BCUT2D eigenvalue weighted by Gasteiger charge is -2.21. The van der Waals surface area contributed by atoms with Crippen LogP contribution in [0.5, 0.6) is 0 Å². The van der Waals surface area contributed by atoms with Crippen LogP contribution in [0.15, 0.2) is 48.5 Å². The molecule has 0 N–H and O–H groups in total. The molecule has 0 aliphatic carbocycles. The molecule has 4 heteroatoms. The second-order valence-electron chi connectivity index (χ2n) is 3.81. The van der Waals surface area contributed by atoms with Gasteiger partial charge in [0.25, 0.3) is 0 Å². The summed E-state index contributed by atoms with van der Waals surface area (Å²) in [6.07, 6.45) is 0. The minimum atomic E-state index is -0.0431. The molecule has 0 radical (unpaired) electrons. The summed E-state index contributed by atoms with van der Waals surface area (Å²) in [4.78, 5) is 13.5. The van der Waals surface area contributed by atoms with Crippen LogP contribution in [-0.2, 0) is 4.79 Å². The van der Waals surface area contributed by atoms with Gasteiger partial charge in [-0.25, -0.2) is 0 Å². The van der Waals surface area contributed by atoms with Gasteiger partial charge >= 0.3 is 0 Å². The van der Waals surface area contributed by atoms with Crippen LogP contribution >= 0.6 is 34.2 Å². The summed E-state index contributed by atoms with van der Waals surface area (Å²) in [5.74, 6) is -0.0431. The van der Waals surface area contributed by atoms with Gasteiger partial charge < -0.3 is 0 Å². The predicted molar refractivity (Wildman–Crippen MR) is 83.4 cm³/mol. The lowest BCUT2D eigenvalue weighted by atomic mass is 10.2. The van der Waals surface area contributed by atoms with Gasteiger partial charge in [0, 0.05) is 21.2 Å². The number of hydrogen-bond donors (Lipinski definition) is 0. The molecule has 92 valence electrons. The third kappa shape index (κ3) is 3.03. The van der Waals surface area contributed by atoms with Crippen LogP contribution in [0.3, 0.4) is 0 Å². The topological polar surface area (TPSA) is 20.3 Å². The number of carbonyl (C=O) groups excluding carboxylic acids is 1. The van der Waals surface area contributed by atoms with Gasteiger partial charge in [0.2, 0.25) is 5.91 Å². The van der Waals surface area contributed by atoms with Gasteiger partial charge in [0.1, 0.15) is 0 Å². The maximum atomic E-state index is 11.8. The molecule has 2 nitrogen and oxygen atoms in total. The predicted octanol–water partition coefficient (Wildman–Crippen LogP) is 4.63. The lowest BCUT2D eigenvalue weighted by molar-refractivity contribution is -0.115. The lowest BCUT2D eigenvalue weighted by Crippen LogP contribution is -2.22. The van der Waals surface area contributed by atoms with Gasteiger partial charge in [-0.3, -0.25) is 9.69 Å². The van der Waals surface area contributed by atoms with E-state index in [1.807, 2.05) is 36.4 Å². The number of halogens is 2. The van der Waals surface area contributed by atoms with E-state index in [2.05, 4.69) is 22.6 Å². The number of benzene rings is 2. The summed E-state index contributed by atoms with van der Waals surface area (Å²) >= 11 is 8.20. The zero-order valence-electron chi connectivity index (χ0n) is 9.73. The van der Waals surface area contributed by atoms with E-state index < -0.39 is 0 Å². The van der Waals surface area contributed by atoms with Crippen molar-refractivity contribution in [2.24, 2.45) is 0 Å². The highest BCUT2D eigenvalue weighted by Gasteiger charge is 2.13. The molecule has 0 aliphatic heterocycles. The van der Waals surface area contributed by atoms with Gasteiger partial charge in [-0.15, -0.1) is 0 Å². The molecule has 0 bridgehead atoms. The first-order valence-electron chi connectivity index (χ1n) is 5.40. The van der Waals surface area contributed by atoms with Crippen molar-refractivity contribution < 1.29 is 4.79 Å². The summed E-state index contributed by atoms with van der Waals surface area (Å²) in [5.41, 5.74) is 1.61. The first-order chi connectivity index (χ1) is 8.58. The largest absolute Gasteiger partial charge is 0.281 e. The molecule has 2 aromatic carbocycles. The number of anilines is 2. The molecule has 0 spiro atoms. The highest BCUT2D eigenvalue weighted by Crippen LogP contribution is 2.28. The van der Waals surface area contributed by atoms with E-state index in [0.29, 0.717) is 5.02 Å². The minimum Gasteiger partial charge on any atom is -0.281 e. The molecule has 1 amide bonds. The first-order valence-corrected chi connectivity index (χ1v) is 6.85. The minimum absolute atomic E-state index is 0.0431. The fraction of sp³-hybridized carbons (Fsp3) is 0.0714. The number of hydrogen-bond acceptors (Lipinski definition) is 1. The van der Waals surface area contributed by atoms with Crippen molar-refractivity contribution >= 4 is 51.5 Å². The van der Waals surface area contributed by atoms with Gasteiger partial charge in [-0.05, 0) is 65.1 Å². The van der Waals surface area contributed by atoms with Crippen LogP contribution in [0, 0.1) is 3.57 Å². The molecule has 0 saturated heterocycles. The third-order valence-corrected chi connectivity index (χ3v) is 3.42. The average molecular weight is 372 g/mol. The summed E-state index contributed by atoms with van der Waals surface area (Å²) in [6.45, 7) is 1.54. The molecular weight excluding hydrogens is 361 g/mol. The first kappa shape index (κ1) is 13.4. The summed E-state index contributed by atoms with van der Waals surface area (Å²) in [5, 5.41) is 0.615. The van der Waals surface area contributed by atoms with Crippen molar-refractivity contribution in [3.05, 3.63) is 57.1 Å². The van der Waals surface area contributed by atoms with Crippen molar-refractivity contribution in [2.75, 3.05) is 4.90 Å². The number of rotatable bonds is 2. The van der Waals surface area contributed by atoms with E-state index in [4.69, 9.17) is 11.6 Å². The standard InChI is InChI=1S/C14H11ClINO/c1-10(18)17(13-7-5-12(16)6-8-13)14-4-2-3-11(15)9-14/h2-9H,1H3. The Hall–Kier alpha value is -1.07. The molecule has 0 heterocycles. The molecule has 2 aromatic rings. The Morgan fingerprint density at radius 3 is 2.33 bits per heavy atom. The molecule has 0 fully saturated rings. The molecule has 2 rings (SSSR count). The molecule has 0 aliphatic rings. The van der Waals surface area contributed by atoms with E-state index >= 15 is 0 Å². The second kappa shape index (κ2) is 5.71. The molecular formula is C14H11ClINO. The van der Waals surface area contributed by atoms with Crippen molar-refractivity contribution in [3.8, 4) is 0 Å². The smallest absolute Gasteiger partial charge is 0.228 e. The molecule has 0 atom stereocenters. The zero-order valence-corrected chi connectivity index (χ0v) is 12.6. The third-order valence-electron chi connectivity index (χ3n) is 2.47. The van der Waals surface area contributed by atoms with Gasteiger partial charge in [-0.2, -0.15) is 0 Å². The average Bonchev–Trinajstić information content (AvgIpc) is 2.32. The molecule has 0 saturated carbocycles. The van der Waals surface area contributed by atoms with Crippen LogP contribution in [0.25, 0.3) is 0 Å². The SMILES string of the molecule is CC(=O)N(c1ccc(I)cc1)c1cccc(Cl)c1. The van der Waals surface area contributed by atoms with Crippen LogP contribution < -0.4 is 4.90 Å². The summed E-state index contributed by atoms with van der Waals surface area (Å²) < 4.78 is 1.13. The van der Waals surface area contributed by atoms with Crippen molar-refractivity contribution in [3.63, 3.8) is 0 Å². The summed E-state index contributed by atoms with van der Waals surface area (Å²) in [6, 6.07) is 15.0. The zero-order chi connectivity index (χ0) is 13.1. The van der Waals surface area contributed by atoms with E-state index in [0.717, 1.165) is 14.9 Å². The van der Waals surface area contributed by atoms with E-state index in [-0.39, 0.29) is 5.91 Å². The second-order valence-corrected chi connectivity index (χ2v) is 5.49. The van der Waals surface area contributed by atoms with E-state index in [9.17, 15) is 4.79 Å².